The molecule has 0 aliphatic heterocycles. The summed E-state index contributed by atoms with van der Waals surface area (Å²) >= 11 is 13.7. The van der Waals surface area contributed by atoms with Gasteiger partial charge in [0.15, 0.2) is 17.4 Å². The molecule has 0 fully saturated rings. The molecular formula is C41H35Cl2N3O12S3. The minimum absolute atomic E-state index is 0.0232. The van der Waals surface area contributed by atoms with Crippen LogP contribution in [0.4, 0.5) is 11.4 Å². The lowest BCUT2D eigenvalue weighted by Gasteiger charge is -2.33. The van der Waals surface area contributed by atoms with E-state index in [0.717, 1.165) is 12.1 Å². The van der Waals surface area contributed by atoms with E-state index in [4.69, 9.17) is 43.2 Å². The fraction of sp³-hybridized carbons (Fsp3) is 0.195. The first-order chi connectivity index (χ1) is 28.5. The van der Waals surface area contributed by atoms with Crippen LogP contribution in [-0.4, -0.2) is 52.1 Å². The molecule has 0 saturated carbocycles. The molecule has 0 saturated heterocycles. The van der Waals surface area contributed by atoms with Crippen LogP contribution in [0.15, 0.2) is 93.5 Å². The Labute approximate surface area is 364 Å². The summed E-state index contributed by atoms with van der Waals surface area (Å²) in [7, 11) is -9.69. The van der Waals surface area contributed by atoms with Gasteiger partial charge in [0.25, 0.3) is 20.2 Å². The average Bonchev–Trinajstić information content (AvgIpc) is 3.16. The van der Waals surface area contributed by atoms with E-state index in [1.807, 2.05) is 34.6 Å². The van der Waals surface area contributed by atoms with Crippen molar-refractivity contribution < 1.29 is 55.2 Å². The zero-order chi connectivity index (χ0) is 44.4. The van der Waals surface area contributed by atoms with Crippen LogP contribution < -0.4 is 10.1 Å². The van der Waals surface area contributed by atoms with Crippen LogP contribution in [0.1, 0.15) is 62.5 Å². The van der Waals surface area contributed by atoms with E-state index >= 15 is 0 Å². The number of nitrogens with zero attached hydrogens (tertiary/aromatic N) is 2. The van der Waals surface area contributed by atoms with Gasteiger partial charge < -0.3 is 15.2 Å². The summed E-state index contributed by atoms with van der Waals surface area (Å²) in [4.78, 5) is 23.4. The Morgan fingerprint density at radius 1 is 0.803 bits per heavy atom. The van der Waals surface area contributed by atoms with Gasteiger partial charge in [-0.05, 0) is 65.3 Å². The number of aromatic nitrogens is 2. The highest BCUT2D eigenvalue weighted by atomic mass is 35.5. The zero-order valence-corrected chi connectivity index (χ0v) is 36.6. The van der Waals surface area contributed by atoms with Crippen LogP contribution in [0.5, 0.6) is 17.2 Å². The molecule has 0 amide bonds. The third-order valence-electron chi connectivity index (χ3n) is 9.73. The molecule has 0 bridgehead atoms. The first-order valence-corrected chi connectivity index (χ1v) is 22.4. The summed E-state index contributed by atoms with van der Waals surface area (Å²) in [6.45, 7) is 10.0. The predicted octanol–water partition coefficient (Wildman–Crippen LogP) is 10.7. The first-order valence-electron chi connectivity index (χ1n) is 18.0. The van der Waals surface area contributed by atoms with Crippen molar-refractivity contribution in [3.05, 3.63) is 106 Å². The van der Waals surface area contributed by atoms with E-state index in [0.29, 0.717) is 34.5 Å². The molecule has 0 spiro atoms. The summed E-state index contributed by atoms with van der Waals surface area (Å²) in [5.74, 6) is -1.39. The molecule has 1 aliphatic carbocycles. The van der Waals surface area contributed by atoms with Crippen LogP contribution in [0, 0.1) is 5.41 Å². The number of rotatable bonds is 12. The molecule has 7 rings (SSSR count). The lowest BCUT2D eigenvalue weighted by molar-refractivity contribution is -0.432. The van der Waals surface area contributed by atoms with Gasteiger partial charge in [-0.3, -0.25) is 13.9 Å². The number of phenolic OH excluding ortho intramolecular Hbond substituents is 1. The summed E-state index contributed by atoms with van der Waals surface area (Å²) < 4.78 is 81.5. The van der Waals surface area contributed by atoms with Gasteiger partial charge in [-0.2, -0.15) is 16.8 Å². The number of hydrogen-bond donors (Lipinski definition) is 5. The minimum atomic E-state index is -4.95. The summed E-state index contributed by atoms with van der Waals surface area (Å²) in [6, 6.07) is 18.4. The second-order valence-electron chi connectivity index (χ2n) is 15.9. The van der Waals surface area contributed by atoms with Crippen molar-refractivity contribution in [2.45, 2.75) is 61.1 Å². The van der Waals surface area contributed by atoms with Crippen molar-refractivity contribution in [3.8, 4) is 39.9 Å². The Balaban J connectivity index is 1.54. The molecule has 0 unspecified atom stereocenters. The number of ether oxygens (including phenoxy) is 1. The molecule has 318 valence electrons. The zero-order valence-electron chi connectivity index (χ0n) is 32.6. The van der Waals surface area contributed by atoms with Crippen molar-refractivity contribution in [1.82, 2.24) is 9.97 Å². The lowest BCUT2D eigenvalue weighted by atomic mass is 9.72. The second-order valence-corrected chi connectivity index (χ2v) is 20.3. The van der Waals surface area contributed by atoms with E-state index in [1.165, 1.54) is 36.4 Å². The Morgan fingerprint density at radius 2 is 1.48 bits per heavy atom. The maximum absolute atomic E-state index is 14.6. The molecule has 6 aromatic rings. The molecule has 5 aromatic carbocycles. The van der Waals surface area contributed by atoms with Gasteiger partial charge >= 0.3 is 0 Å². The number of benzene rings is 5. The van der Waals surface area contributed by atoms with Gasteiger partial charge in [0.05, 0.1) is 55.2 Å². The van der Waals surface area contributed by atoms with Crippen molar-refractivity contribution in [2.75, 3.05) is 5.32 Å². The molecule has 20 heteroatoms. The molecule has 1 aromatic heterocycles. The van der Waals surface area contributed by atoms with Crippen LogP contribution in [0.3, 0.4) is 0 Å². The molecular weight excluding hydrogens is 894 g/mol. The van der Waals surface area contributed by atoms with Gasteiger partial charge in [-0.1, -0.05) is 93.2 Å². The number of ketones is 1. The van der Waals surface area contributed by atoms with E-state index in [9.17, 15) is 35.8 Å². The van der Waals surface area contributed by atoms with Gasteiger partial charge in [-0.25, -0.2) is 15.2 Å². The van der Waals surface area contributed by atoms with Crippen molar-refractivity contribution in [1.29, 1.82) is 0 Å². The average molecular weight is 929 g/mol. The van der Waals surface area contributed by atoms with Crippen molar-refractivity contribution in [2.24, 2.45) is 5.41 Å². The molecule has 1 aliphatic rings. The predicted molar refractivity (Wildman–Crippen MR) is 229 cm³/mol. The largest absolute Gasteiger partial charge is 0.507 e. The number of halogens is 2. The monoisotopic (exact) mass is 927 g/mol. The number of fused-ring (bicyclic) bond motifs is 2. The topological polar surface area (TPSA) is 232 Å². The molecule has 61 heavy (non-hydrogen) atoms. The number of anilines is 2. The lowest BCUT2D eigenvalue weighted by Crippen LogP contribution is -2.25. The first kappa shape index (κ1) is 44.2. The van der Waals surface area contributed by atoms with Crippen LogP contribution in [-0.2, 0) is 35.0 Å². The van der Waals surface area contributed by atoms with Crippen molar-refractivity contribution in [3.63, 3.8) is 0 Å². The maximum Gasteiger partial charge on any atom is 0.298 e. The Kier molecular flexibility index (Phi) is 11.7. The molecule has 15 nitrogen and oxygen atoms in total. The van der Waals surface area contributed by atoms with Gasteiger partial charge in [0, 0.05) is 27.5 Å². The quantitative estimate of drug-likeness (QED) is 0.0332. The number of aromatic hydroxyl groups is 1. The summed E-state index contributed by atoms with van der Waals surface area (Å²) in [5.41, 5.74) is 0.514. The third-order valence-corrected chi connectivity index (χ3v) is 12.6. The smallest absolute Gasteiger partial charge is 0.298 e. The molecule has 0 radical (unpaired) electrons. The fourth-order valence-corrected chi connectivity index (χ4v) is 9.83. The van der Waals surface area contributed by atoms with Crippen LogP contribution in [0.2, 0.25) is 10.0 Å². The van der Waals surface area contributed by atoms with E-state index in [-0.39, 0.29) is 83.2 Å². The van der Waals surface area contributed by atoms with E-state index in [2.05, 4.69) is 14.7 Å². The van der Waals surface area contributed by atoms with E-state index in [1.54, 1.807) is 30.3 Å². The molecule has 5 N–H and O–H groups in total. The minimum Gasteiger partial charge on any atom is -0.507 e. The highest BCUT2D eigenvalue weighted by molar-refractivity contribution is 7.94. The Hall–Kier alpha value is -4.86. The van der Waals surface area contributed by atoms with Gasteiger partial charge in [0.2, 0.25) is 0 Å². The highest BCUT2D eigenvalue weighted by Crippen LogP contribution is 2.49. The summed E-state index contributed by atoms with van der Waals surface area (Å²) in [6.07, 6.45) is 0.645. The highest BCUT2D eigenvalue weighted by Gasteiger charge is 2.35. The molecule has 0 atom stereocenters. The summed E-state index contributed by atoms with van der Waals surface area (Å²) in [5, 5.41) is 26.1. The normalized spacial score (nSPS) is 13.0. The Bertz CT molecular complexity index is 3010. The second kappa shape index (κ2) is 16.1. The number of phenols is 1. The number of hydrogen-bond acceptors (Lipinski definition) is 14. The fourth-order valence-electron chi connectivity index (χ4n) is 7.55. The number of carbonyl (C=O) groups is 1. The maximum atomic E-state index is 14.6. The van der Waals surface area contributed by atoms with Crippen molar-refractivity contribution >= 4 is 83.5 Å². The van der Waals surface area contributed by atoms with E-state index < -0.39 is 41.2 Å². The van der Waals surface area contributed by atoms with Gasteiger partial charge in [-0.15, -0.1) is 4.33 Å². The standard InChI is InChI=1S/C41H35Cl2N3O12S3/c1-40(2,3)19-41(4,5)20-10-13-30(32(14-20)61(53,54)55)56-31-18-28(44-36-26(42)16-22(17-27(36)43)60(50,51)52)33-34-35(23-8-6-7-9-24(23)38(33)48)45-39(46-37(31)34)25-15-21(59-58-57-49)11-12-29(25)47/h6-18,44,47,49H,19H2,1-5H3,(H,50,51,52)(H,53,54,55). The molecule has 1 heterocycles. The van der Waals surface area contributed by atoms with Crippen LogP contribution in [0.25, 0.3) is 33.5 Å². The Morgan fingerprint density at radius 3 is 2.10 bits per heavy atom. The van der Waals surface area contributed by atoms with Crippen LogP contribution >= 0.6 is 35.2 Å². The number of carbonyl (C=O) groups excluding carboxylic acids is 1. The number of nitrogens with one attached hydrogen (secondary N) is 1. The van der Waals surface area contributed by atoms with Gasteiger partial charge in [0.1, 0.15) is 21.9 Å². The SMILES string of the molecule is CC(C)(C)CC(C)(C)c1ccc(Oc2cc(Nc3c(Cl)cc(S(=O)(=O)O)cc3Cl)c3c4c(nc(-c5cc(SOOO)ccc5O)nc24)-c2ccccc2C3=O)c(S(=O)(=O)O)c1. The third kappa shape index (κ3) is 8.92.